The lowest BCUT2D eigenvalue weighted by Gasteiger charge is -2.18. The van der Waals surface area contributed by atoms with Crippen LogP contribution in [0.2, 0.25) is 5.02 Å². The van der Waals surface area contributed by atoms with Crippen LogP contribution < -0.4 is 9.61 Å². The quantitative estimate of drug-likeness (QED) is 0.852. The number of benzene rings is 1. The molecule has 0 saturated heterocycles. The molecular formula is C13H14ClN2O2P. The molecule has 0 spiro atoms. The molecule has 0 unspecified atom stereocenters. The Hall–Kier alpha value is -1.51. The van der Waals surface area contributed by atoms with Gasteiger partial charge in [-0.3, -0.25) is 9.55 Å². The van der Waals surface area contributed by atoms with Crippen molar-refractivity contribution in [2.45, 2.75) is 6.92 Å². The first-order valence-electron chi connectivity index (χ1n) is 5.68. The van der Waals surface area contributed by atoms with Crippen LogP contribution in [0.25, 0.3) is 0 Å². The molecule has 0 saturated carbocycles. The van der Waals surface area contributed by atoms with Crippen LogP contribution in [0, 0.1) is 6.92 Å². The van der Waals surface area contributed by atoms with Crippen LogP contribution in [0.4, 0.5) is 5.69 Å². The van der Waals surface area contributed by atoms with Gasteiger partial charge in [-0.15, -0.1) is 0 Å². The fourth-order valence-corrected chi connectivity index (χ4v) is 2.94. The number of hydrogen-bond acceptors (Lipinski definition) is 3. The molecule has 2 aromatic rings. The van der Waals surface area contributed by atoms with E-state index in [2.05, 4.69) is 10.1 Å². The van der Waals surface area contributed by atoms with Crippen LogP contribution in [0.1, 0.15) is 5.56 Å². The largest absolute Gasteiger partial charge is 0.427 e. The van der Waals surface area contributed by atoms with E-state index >= 15 is 0 Å². The molecule has 100 valence electrons. The number of nitrogens with one attached hydrogen (secondary N) is 1. The van der Waals surface area contributed by atoms with E-state index in [4.69, 9.17) is 16.1 Å². The Morgan fingerprint density at radius 2 is 2.16 bits per heavy atom. The third-order valence-corrected chi connectivity index (χ3v) is 3.87. The van der Waals surface area contributed by atoms with Crippen LogP contribution in [0.15, 0.2) is 42.7 Å². The maximum Gasteiger partial charge on any atom is 0.338 e. The Kier molecular flexibility index (Phi) is 4.13. The molecule has 1 N–H and O–H groups in total. The monoisotopic (exact) mass is 296 g/mol. The fourth-order valence-electron chi connectivity index (χ4n) is 1.55. The highest BCUT2D eigenvalue weighted by Gasteiger charge is 2.19. The van der Waals surface area contributed by atoms with Crippen LogP contribution in [-0.4, -0.2) is 11.6 Å². The Morgan fingerprint density at radius 3 is 2.84 bits per heavy atom. The van der Waals surface area contributed by atoms with E-state index < -0.39 is 7.52 Å². The number of rotatable bonds is 4. The van der Waals surface area contributed by atoms with Gasteiger partial charge in [-0.1, -0.05) is 17.7 Å². The van der Waals surface area contributed by atoms with Crippen molar-refractivity contribution in [3.63, 3.8) is 0 Å². The number of halogens is 1. The number of nitrogens with zero attached hydrogens (tertiary/aromatic N) is 1. The highest BCUT2D eigenvalue weighted by atomic mass is 35.5. The van der Waals surface area contributed by atoms with E-state index in [1.807, 2.05) is 13.0 Å². The highest BCUT2D eigenvalue weighted by molar-refractivity contribution is 7.60. The van der Waals surface area contributed by atoms with Crippen molar-refractivity contribution in [3.8, 4) is 5.75 Å². The molecule has 0 aliphatic carbocycles. The molecule has 0 aliphatic heterocycles. The number of pyridine rings is 1. The standard InChI is InChI=1S/C13H14ClN2O2P/c1-10-5-6-12(14)13(8-10)18-19(2,17)16-11-4-3-7-15-9-11/h3-9H,1-2H3,(H,16,17)/t19-/m0/s1. The van der Waals surface area contributed by atoms with Crippen molar-refractivity contribution in [1.29, 1.82) is 0 Å². The molecule has 1 atom stereocenters. The zero-order chi connectivity index (χ0) is 13.9. The zero-order valence-electron chi connectivity index (χ0n) is 10.6. The van der Waals surface area contributed by atoms with E-state index in [1.54, 1.807) is 36.7 Å². The van der Waals surface area contributed by atoms with Gasteiger partial charge >= 0.3 is 7.52 Å². The molecule has 4 nitrogen and oxygen atoms in total. The lowest BCUT2D eigenvalue weighted by Crippen LogP contribution is -2.02. The summed E-state index contributed by atoms with van der Waals surface area (Å²) in [5, 5.41) is 3.26. The highest BCUT2D eigenvalue weighted by Crippen LogP contribution is 2.45. The van der Waals surface area contributed by atoms with Gasteiger partial charge in [-0.2, -0.15) is 0 Å². The topological polar surface area (TPSA) is 51.2 Å². The molecule has 1 heterocycles. The minimum atomic E-state index is -3.06. The summed E-state index contributed by atoms with van der Waals surface area (Å²) in [5.74, 6) is 0.406. The molecule has 1 aromatic carbocycles. The number of anilines is 1. The predicted octanol–water partition coefficient (Wildman–Crippen LogP) is 4.36. The minimum Gasteiger partial charge on any atom is -0.427 e. The van der Waals surface area contributed by atoms with Crippen molar-refractivity contribution in [2.75, 3.05) is 11.8 Å². The molecule has 0 bridgehead atoms. The van der Waals surface area contributed by atoms with Gasteiger partial charge in [0.25, 0.3) is 0 Å². The molecule has 0 aliphatic rings. The first kappa shape index (κ1) is 13.9. The Morgan fingerprint density at radius 1 is 1.37 bits per heavy atom. The first-order chi connectivity index (χ1) is 8.96. The number of aromatic nitrogens is 1. The summed E-state index contributed by atoms with van der Waals surface area (Å²) in [6.07, 6.45) is 3.22. The summed E-state index contributed by atoms with van der Waals surface area (Å²) in [4.78, 5) is 3.94. The van der Waals surface area contributed by atoms with Gasteiger partial charge in [0.1, 0.15) is 5.75 Å². The summed E-state index contributed by atoms with van der Waals surface area (Å²) < 4.78 is 17.9. The molecule has 0 fully saturated rings. The van der Waals surface area contributed by atoms with Crippen molar-refractivity contribution in [2.24, 2.45) is 0 Å². The van der Waals surface area contributed by atoms with E-state index in [9.17, 15) is 4.57 Å². The van der Waals surface area contributed by atoms with E-state index in [0.717, 1.165) is 5.56 Å². The molecule has 6 heteroatoms. The second-order valence-corrected chi connectivity index (χ2v) is 6.73. The second-order valence-electron chi connectivity index (χ2n) is 4.22. The van der Waals surface area contributed by atoms with Crippen LogP contribution >= 0.6 is 19.1 Å². The average molecular weight is 297 g/mol. The third-order valence-electron chi connectivity index (χ3n) is 2.35. The summed E-state index contributed by atoms with van der Waals surface area (Å²) in [7, 11) is -3.06. The van der Waals surface area contributed by atoms with Crippen molar-refractivity contribution >= 4 is 24.8 Å². The van der Waals surface area contributed by atoms with E-state index in [1.165, 1.54) is 6.66 Å². The van der Waals surface area contributed by atoms with Crippen LogP contribution in [0.5, 0.6) is 5.75 Å². The van der Waals surface area contributed by atoms with Crippen LogP contribution in [-0.2, 0) is 4.57 Å². The van der Waals surface area contributed by atoms with E-state index in [0.29, 0.717) is 16.5 Å². The zero-order valence-corrected chi connectivity index (χ0v) is 12.3. The summed E-state index contributed by atoms with van der Waals surface area (Å²) in [6, 6.07) is 8.86. The molecule has 2 rings (SSSR count). The molecule has 19 heavy (non-hydrogen) atoms. The summed E-state index contributed by atoms with van der Waals surface area (Å²) in [6.45, 7) is 3.41. The maximum absolute atomic E-state index is 12.4. The second kappa shape index (κ2) is 5.64. The fraction of sp³-hybridized carbons (Fsp3) is 0.154. The lowest BCUT2D eigenvalue weighted by atomic mass is 10.2. The molecule has 0 radical (unpaired) electrons. The van der Waals surface area contributed by atoms with Gasteiger partial charge in [0.15, 0.2) is 0 Å². The summed E-state index contributed by atoms with van der Waals surface area (Å²) >= 11 is 6.02. The molecule has 0 amide bonds. The Bertz CT molecular complexity index is 619. The molecule has 1 aromatic heterocycles. The van der Waals surface area contributed by atoms with E-state index in [-0.39, 0.29) is 0 Å². The van der Waals surface area contributed by atoms with Gasteiger partial charge in [-0.05, 0) is 36.8 Å². The maximum atomic E-state index is 12.4. The van der Waals surface area contributed by atoms with Crippen molar-refractivity contribution < 1.29 is 9.09 Å². The minimum absolute atomic E-state index is 0.406. The van der Waals surface area contributed by atoms with Gasteiger partial charge in [-0.25, -0.2) is 0 Å². The van der Waals surface area contributed by atoms with Crippen molar-refractivity contribution in [1.82, 2.24) is 4.98 Å². The molecular weight excluding hydrogens is 283 g/mol. The van der Waals surface area contributed by atoms with Gasteiger partial charge in [0.2, 0.25) is 0 Å². The normalized spacial score (nSPS) is 13.6. The third kappa shape index (κ3) is 3.98. The first-order valence-corrected chi connectivity index (χ1v) is 8.13. The Labute approximate surface area is 117 Å². The van der Waals surface area contributed by atoms with Gasteiger partial charge < -0.3 is 9.61 Å². The average Bonchev–Trinajstić information content (AvgIpc) is 2.34. The lowest BCUT2D eigenvalue weighted by molar-refractivity contribution is 0.493. The number of hydrogen-bond donors (Lipinski definition) is 1. The summed E-state index contributed by atoms with van der Waals surface area (Å²) in [5.41, 5.74) is 1.62. The SMILES string of the molecule is Cc1ccc(Cl)c(O[P@](C)(=O)Nc2cccnc2)c1. The smallest absolute Gasteiger partial charge is 0.338 e. The van der Waals surface area contributed by atoms with Gasteiger partial charge in [0.05, 0.1) is 16.9 Å². The van der Waals surface area contributed by atoms with Gasteiger partial charge in [0, 0.05) is 12.9 Å². The van der Waals surface area contributed by atoms with Crippen molar-refractivity contribution in [3.05, 3.63) is 53.3 Å². The Balaban J connectivity index is 2.17. The number of aryl methyl sites for hydroxylation is 1. The predicted molar refractivity (Wildman–Crippen MR) is 78.2 cm³/mol. The van der Waals surface area contributed by atoms with Crippen LogP contribution in [0.3, 0.4) is 0 Å².